The fraction of sp³-hybridized carbons (Fsp3) is 0.706. The highest BCUT2D eigenvalue weighted by Crippen LogP contribution is 2.61. The van der Waals surface area contributed by atoms with Gasteiger partial charge in [-0.05, 0) is 0 Å². The molecule has 0 spiro atoms. The molecule has 1 aromatic rings. The van der Waals surface area contributed by atoms with E-state index >= 15 is 0 Å². The summed E-state index contributed by atoms with van der Waals surface area (Å²) in [5.41, 5.74) is -1.51. The lowest BCUT2D eigenvalue weighted by Gasteiger charge is -2.42. The van der Waals surface area contributed by atoms with E-state index in [0.29, 0.717) is 0 Å². The van der Waals surface area contributed by atoms with Gasteiger partial charge in [0.1, 0.15) is 36.7 Å². The molecule has 1 aromatic heterocycles. The average Bonchev–Trinajstić information content (AvgIpc) is 3.16. The maximum Gasteiger partial charge on any atom is 0.483 e. The van der Waals surface area contributed by atoms with Crippen LogP contribution < -0.4 is 16.6 Å². The minimum atomic E-state index is -5.57. The molecule has 0 radical (unpaired) electrons. The van der Waals surface area contributed by atoms with Crippen LogP contribution >= 0.6 is 15.6 Å². The fourth-order valence-electron chi connectivity index (χ4n) is 3.72. The quantitative estimate of drug-likeness (QED) is 0.122. The molecule has 216 valence electrons. The first-order valence-electron chi connectivity index (χ1n) is 10.9. The number of aliphatic hydroxyl groups excluding tert-OH is 4. The van der Waals surface area contributed by atoms with Crippen LogP contribution in [0.3, 0.4) is 0 Å². The Kier molecular flexibility index (Phi) is 9.81. The lowest BCUT2D eigenvalue weighted by atomic mass is 9.97. The van der Waals surface area contributed by atoms with Crippen molar-refractivity contribution in [2.24, 2.45) is 0 Å². The number of hydrogen-bond acceptors (Lipinski definition) is 14. The van der Waals surface area contributed by atoms with Crippen LogP contribution in [-0.2, 0) is 36.8 Å². The van der Waals surface area contributed by atoms with Crippen molar-refractivity contribution in [3.05, 3.63) is 33.1 Å². The standard InChI is InChI=1S/C17H27N3O16P2/c1-7(22)18-13-15(26)14(25)9(5-21)34-16(13)35-38(30,31)36-37(28,29)32-6-10-8(23)4-12(33-10)20-3-2-11(24)19-17(20)27/h2-3,8-10,12-16,21,23,25-26H,4-6H2,1H3,(H,18,22)(H,28,29)(H,30,31)(H,19,24,27)/t8-,9+,10+,12+,13+,14-,15+,16+/m0/s1. The molecule has 2 aliphatic rings. The molecule has 3 heterocycles. The van der Waals surface area contributed by atoms with Crippen LogP contribution in [-0.4, -0.2) is 102 Å². The molecule has 0 saturated carbocycles. The van der Waals surface area contributed by atoms with Crippen molar-refractivity contribution in [2.75, 3.05) is 13.2 Å². The Hall–Kier alpha value is -1.83. The van der Waals surface area contributed by atoms with Crippen molar-refractivity contribution in [1.82, 2.24) is 14.9 Å². The van der Waals surface area contributed by atoms with E-state index in [1.807, 2.05) is 4.98 Å². The number of ether oxygens (including phenoxy) is 2. The molecule has 38 heavy (non-hydrogen) atoms. The van der Waals surface area contributed by atoms with E-state index in [1.165, 1.54) is 0 Å². The first kappa shape index (κ1) is 30.7. The molecule has 1 amide bonds. The summed E-state index contributed by atoms with van der Waals surface area (Å²) < 4.78 is 49.7. The summed E-state index contributed by atoms with van der Waals surface area (Å²) in [6, 6.07) is -0.631. The number of carbonyl (C=O) groups excluding carboxylic acids is 1. The smallest absolute Gasteiger partial charge is 0.394 e. The summed E-state index contributed by atoms with van der Waals surface area (Å²) in [5, 5.41) is 41.7. The number of aliphatic hydroxyl groups is 4. The highest BCUT2D eigenvalue weighted by molar-refractivity contribution is 7.61. The molecular weight excluding hydrogens is 564 g/mol. The van der Waals surface area contributed by atoms with Crippen molar-refractivity contribution in [1.29, 1.82) is 0 Å². The summed E-state index contributed by atoms with van der Waals surface area (Å²) in [7, 11) is -11.0. The largest absolute Gasteiger partial charge is 0.483 e. The number of aromatic nitrogens is 2. The molecule has 10 atom stereocenters. The van der Waals surface area contributed by atoms with Crippen LogP contribution in [0.25, 0.3) is 0 Å². The number of amides is 1. The zero-order valence-electron chi connectivity index (χ0n) is 19.5. The number of hydrogen-bond donors (Lipinski definition) is 8. The third kappa shape index (κ3) is 7.64. The zero-order chi connectivity index (χ0) is 28.4. The maximum atomic E-state index is 12.4. The Labute approximate surface area is 212 Å². The molecule has 2 fully saturated rings. The van der Waals surface area contributed by atoms with E-state index in [1.54, 1.807) is 0 Å². The first-order valence-corrected chi connectivity index (χ1v) is 13.9. The van der Waals surface area contributed by atoms with Crippen molar-refractivity contribution in [3.63, 3.8) is 0 Å². The van der Waals surface area contributed by atoms with Gasteiger partial charge in [-0.25, -0.2) is 13.9 Å². The number of phosphoric acid groups is 2. The van der Waals surface area contributed by atoms with E-state index in [0.717, 1.165) is 23.8 Å². The minimum absolute atomic E-state index is 0.179. The second kappa shape index (κ2) is 12.1. The topological polar surface area (TPSA) is 286 Å². The monoisotopic (exact) mass is 591 g/mol. The van der Waals surface area contributed by atoms with Gasteiger partial charge in [0.05, 0.1) is 19.3 Å². The second-order valence-electron chi connectivity index (χ2n) is 8.30. The highest BCUT2D eigenvalue weighted by atomic mass is 31.3. The maximum absolute atomic E-state index is 12.4. The molecule has 19 nitrogen and oxygen atoms in total. The molecule has 0 aliphatic carbocycles. The van der Waals surface area contributed by atoms with Gasteiger partial charge in [0.15, 0.2) is 6.29 Å². The molecule has 0 bridgehead atoms. The number of nitrogens with one attached hydrogen (secondary N) is 2. The Bertz CT molecular complexity index is 1210. The SMILES string of the molecule is CC(=O)N[C@H]1[C@@H](OP(=O)(O)OP(=O)(O)OC[C@H]2O[C@@H](n3ccc(=O)[nH]c3=O)C[C@@H]2O)O[C@H](CO)[C@H](O)[C@@H]1O. The van der Waals surface area contributed by atoms with Crippen LogP contribution in [0, 0.1) is 0 Å². The predicted octanol–water partition coefficient (Wildman–Crippen LogP) is -3.62. The molecule has 3 rings (SSSR count). The number of carbonyl (C=O) groups is 1. The fourth-order valence-corrected chi connectivity index (χ4v) is 5.89. The Balaban J connectivity index is 1.63. The summed E-state index contributed by atoms with van der Waals surface area (Å²) in [6.45, 7) is -0.731. The molecule has 8 N–H and O–H groups in total. The Morgan fingerprint density at radius 2 is 1.84 bits per heavy atom. The number of aromatic amines is 1. The third-order valence-corrected chi connectivity index (χ3v) is 8.06. The molecule has 2 aliphatic heterocycles. The molecule has 0 aromatic carbocycles. The summed E-state index contributed by atoms with van der Waals surface area (Å²) in [5.74, 6) is -0.775. The van der Waals surface area contributed by atoms with E-state index < -0.39 is 95.1 Å². The lowest BCUT2D eigenvalue weighted by molar-refractivity contribution is -0.247. The zero-order valence-corrected chi connectivity index (χ0v) is 21.3. The predicted molar refractivity (Wildman–Crippen MR) is 119 cm³/mol. The number of phosphoric ester groups is 2. The molecular formula is C17H27N3O16P2. The van der Waals surface area contributed by atoms with Crippen LogP contribution in [0.1, 0.15) is 19.6 Å². The van der Waals surface area contributed by atoms with Gasteiger partial charge in [0, 0.05) is 25.6 Å². The van der Waals surface area contributed by atoms with Gasteiger partial charge in [-0.15, -0.1) is 0 Å². The van der Waals surface area contributed by atoms with Gasteiger partial charge in [0.2, 0.25) is 5.91 Å². The number of rotatable bonds is 10. The van der Waals surface area contributed by atoms with Crippen LogP contribution in [0.2, 0.25) is 0 Å². The minimum Gasteiger partial charge on any atom is -0.394 e. The van der Waals surface area contributed by atoms with Crippen molar-refractivity contribution >= 4 is 21.6 Å². The van der Waals surface area contributed by atoms with Crippen molar-refractivity contribution in [3.8, 4) is 0 Å². The van der Waals surface area contributed by atoms with Crippen LogP contribution in [0.15, 0.2) is 21.9 Å². The van der Waals surface area contributed by atoms with Crippen molar-refractivity contribution in [2.45, 2.75) is 62.4 Å². The third-order valence-electron chi connectivity index (χ3n) is 5.46. The first-order chi connectivity index (χ1) is 17.6. The second-order valence-corrected chi connectivity index (χ2v) is 11.3. The van der Waals surface area contributed by atoms with Gasteiger partial charge in [-0.3, -0.25) is 28.2 Å². The van der Waals surface area contributed by atoms with E-state index in [4.69, 9.17) is 9.47 Å². The molecule has 21 heteroatoms. The lowest BCUT2D eigenvalue weighted by Crippen LogP contribution is -2.64. The van der Waals surface area contributed by atoms with E-state index in [9.17, 15) is 53.7 Å². The van der Waals surface area contributed by atoms with Gasteiger partial charge in [-0.1, -0.05) is 0 Å². The molecule has 2 unspecified atom stereocenters. The van der Waals surface area contributed by atoms with Gasteiger partial charge in [0.25, 0.3) is 5.56 Å². The number of H-pyrrole nitrogens is 1. The van der Waals surface area contributed by atoms with Gasteiger partial charge >= 0.3 is 21.3 Å². The summed E-state index contributed by atoms with van der Waals surface area (Å²) in [6.07, 6.45) is -9.94. The Morgan fingerprint density at radius 3 is 2.45 bits per heavy atom. The molecule has 2 saturated heterocycles. The average molecular weight is 591 g/mol. The highest BCUT2D eigenvalue weighted by Gasteiger charge is 2.49. The summed E-state index contributed by atoms with van der Waals surface area (Å²) >= 11 is 0. The normalized spacial score (nSPS) is 34.8. The van der Waals surface area contributed by atoms with Gasteiger partial charge in [-0.2, -0.15) is 4.31 Å². The van der Waals surface area contributed by atoms with Crippen LogP contribution in [0.4, 0.5) is 0 Å². The van der Waals surface area contributed by atoms with Crippen LogP contribution in [0.5, 0.6) is 0 Å². The van der Waals surface area contributed by atoms with E-state index in [2.05, 4.69) is 18.7 Å². The number of nitrogens with zero attached hydrogens (tertiary/aromatic N) is 1. The Morgan fingerprint density at radius 1 is 1.16 bits per heavy atom. The van der Waals surface area contributed by atoms with E-state index in [-0.39, 0.29) is 6.42 Å². The summed E-state index contributed by atoms with van der Waals surface area (Å²) in [4.78, 5) is 56.4. The van der Waals surface area contributed by atoms with Crippen molar-refractivity contribution < 1.29 is 67.0 Å². The van der Waals surface area contributed by atoms with Gasteiger partial charge < -0.3 is 45.0 Å².